The van der Waals surface area contributed by atoms with E-state index in [9.17, 15) is 19.2 Å². The number of nitrogens with one attached hydrogen (secondary N) is 1. The highest BCUT2D eigenvalue weighted by Crippen LogP contribution is 2.50. The van der Waals surface area contributed by atoms with Gasteiger partial charge in [-0.1, -0.05) is 24.3 Å². The van der Waals surface area contributed by atoms with Crippen LogP contribution in [-0.4, -0.2) is 53.9 Å². The van der Waals surface area contributed by atoms with Gasteiger partial charge in [0.25, 0.3) is 5.56 Å². The normalized spacial score (nSPS) is 25.7. The number of ether oxygens (including phenoxy) is 1. The minimum atomic E-state index is -1.54. The number of aromatic nitrogens is 2. The molecule has 10 heteroatoms. The molecule has 180 valence electrons. The smallest absolute Gasteiger partial charge is 0.326 e. The quantitative estimate of drug-likeness (QED) is 0.442. The number of methoxy groups -OCH3 is 1. The average Bonchev–Trinajstić information content (AvgIpc) is 3.31. The van der Waals surface area contributed by atoms with Crippen molar-refractivity contribution >= 4 is 34.9 Å². The highest BCUT2D eigenvalue weighted by Gasteiger charge is 2.68. The Kier molecular flexibility index (Phi) is 5.21. The maximum absolute atomic E-state index is 13.8. The highest BCUT2D eigenvalue weighted by molar-refractivity contribution is 6.24. The number of amides is 2. The van der Waals surface area contributed by atoms with E-state index in [4.69, 9.17) is 4.74 Å². The molecule has 10 nitrogen and oxygen atoms in total. The third kappa shape index (κ3) is 3.17. The van der Waals surface area contributed by atoms with Gasteiger partial charge in [0.2, 0.25) is 11.8 Å². The average molecular weight is 476 g/mol. The number of benzene rings is 1. The number of carbonyl (C=O) groups excluding carboxylic acids is 3. The zero-order valence-electron chi connectivity index (χ0n) is 19.8. The summed E-state index contributed by atoms with van der Waals surface area (Å²) in [5, 5.41) is 3.15. The van der Waals surface area contributed by atoms with Crippen LogP contribution in [0.1, 0.15) is 18.5 Å². The van der Waals surface area contributed by atoms with Gasteiger partial charge in [0.05, 0.1) is 36.2 Å². The van der Waals surface area contributed by atoms with Gasteiger partial charge in [-0.3, -0.25) is 28.9 Å². The molecule has 2 aliphatic rings. The second-order valence-corrected chi connectivity index (χ2v) is 9.14. The third-order valence-electron chi connectivity index (χ3n) is 6.89. The summed E-state index contributed by atoms with van der Waals surface area (Å²) in [5.41, 5.74) is -0.869. The molecule has 0 unspecified atom stereocenters. The summed E-state index contributed by atoms with van der Waals surface area (Å²) in [6.45, 7) is 1.54. The SMILES string of the molecule is COC(=O)[C@@]1(C)N[C@@H](c2c(N(C)C)nc3ccccn3c2=O)[C@H]2C(=O)N(c3ccccc3)C(=O)[C@H]21. The van der Waals surface area contributed by atoms with E-state index in [1.54, 1.807) is 73.7 Å². The van der Waals surface area contributed by atoms with Crippen molar-refractivity contribution in [2.45, 2.75) is 18.5 Å². The predicted octanol–water partition coefficient (Wildman–Crippen LogP) is 1.14. The van der Waals surface area contributed by atoms with Crippen LogP contribution in [0.15, 0.2) is 59.5 Å². The van der Waals surface area contributed by atoms with Crippen LogP contribution < -0.4 is 20.7 Å². The molecule has 1 N–H and O–H groups in total. The van der Waals surface area contributed by atoms with E-state index < -0.39 is 41.2 Å². The molecule has 2 saturated heterocycles. The van der Waals surface area contributed by atoms with Crippen molar-refractivity contribution in [3.8, 4) is 0 Å². The number of esters is 1. The maximum Gasteiger partial charge on any atom is 0.326 e. The van der Waals surface area contributed by atoms with Crippen molar-refractivity contribution in [1.82, 2.24) is 14.7 Å². The van der Waals surface area contributed by atoms with Gasteiger partial charge >= 0.3 is 5.97 Å². The summed E-state index contributed by atoms with van der Waals surface area (Å²) in [6.07, 6.45) is 1.59. The lowest BCUT2D eigenvalue weighted by Crippen LogP contribution is -2.54. The summed E-state index contributed by atoms with van der Waals surface area (Å²) in [7, 11) is 4.72. The molecule has 35 heavy (non-hydrogen) atoms. The molecule has 1 aromatic carbocycles. The Morgan fingerprint density at radius 1 is 1.06 bits per heavy atom. The molecular weight excluding hydrogens is 450 g/mol. The van der Waals surface area contributed by atoms with Gasteiger partial charge in [-0.05, 0) is 31.2 Å². The molecule has 0 radical (unpaired) electrons. The lowest BCUT2D eigenvalue weighted by molar-refractivity contribution is -0.151. The summed E-state index contributed by atoms with van der Waals surface area (Å²) < 4.78 is 6.43. The Hall–Kier alpha value is -4.05. The first-order valence-electron chi connectivity index (χ1n) is 11.2. The number of nitrogens with zero attached hydrogens (tertiary/aromatic N) is 4. The summed E-state index contributed by atoms with van der Waals surface area (Å²) in [6, 6.07) is 12.8. The van der Waals surface area contributed by atoms with Crippen molar-refractivity contribution < 1.29 is 19.1 Å². The van der Waals surface area contributed by atoms with Crippen LogP contribution >= 0.6 is 0 Å². The molecule has 0 bridgehead atoms. The summed E-state index contributed by atoms with van der Waals surface area (Å²) in [4.78, 5) is 61.7. The lowest BCUT2D eigenvalue weighted by atomic mass is 9.80. The Balaban J connectivity index is 1.75. The Morgan fingerprint density at radius 2 is 1.74 bits per heavy atom. The molecule has 2 fully saturated rings. The number of anilines is 2. The van der Waals surface area contributed by atoms with Gasteiger partial charge in [-0.25, -0.2) is 9.88 Å². The number of hydrogen-bond donors (Lipinski definition) is 1. The fourth-order valence-corrected chi connectivity index (χ4v) is 5.32. The first kappa shape index (κ1) is 22.7. The molecule has 4 atom stereocenters. The van der Waals surface area contributed by atoms with Crippen molar-refractivity contribution in [1.29, 1.82) is 0 Å². The summed E-state index contributed by atoms with van der Waals surface area (Å²) in [5.74, 6) is -3.43. The molecule has 0 aliphatic carbocycles. The predicted molar refractivity (Wildman–Crippen MR) is 128 cm³/mol. The van der Waals surface area contributed by atoms with Crippen molar-refractivity contribution in [3.05, 3.63) is 70.6 Å². The number of imide groups is 1. The van der Waals surface area contributed by atoms with Crippen molar-refractivity contribution in [2.75, 3.05) is 31.0 Å². The second kappa shape index (κ2) is 8.02. The fraction of sp³-hybridized carbons (Fsp3) is 0.320. The number of hydrogen-bond acceptors (Lipinski definition) is 8. The van der Waals surface area contributed by atoms with Crippen LogP contribution in [0.25, 0.3) is 5.65 Å². The van der Waals surface area contributed by atoms with E-state index in [0.717, 1.165) is 4.90 Å². The highest BCUT2D eigenvalue weighted by atomic mass is 16.5. The van der Waals surface area contributed by atoms with Gasteiger partial charge in [0.15, 0.2) is 0 Å². The van der Waals surface area contributed by atoms with Crippen LogP contribution in [0.3, 0.4) is 0 Å². The van der Waals surface area contributed by atoms with E-state index in [1.807, 2.05) is 0 Å². The zero-order chi connectivity index (χ0) is 25.1. The number of para-hydroxylation sites is 1. The standard InChI is InChI=1S/C25H25N5O5/c1-25(24(34)35-4)18-16(22(32)30(23(18)33)14-10-6-5-7-11-14)19(27-25)17-20(28(2)3)26-15-12-8-9-13-29(15)21(17)31/h5-13,16,18-19,27H,1-4H3/t16-,18-,19+,25-/m0/s1. The Bertz CT molecular complexity index is 1420. The van der Waals surface area contributed by atoms with Crippen LogP contribution in [0.5, 0.6) is 0 Å². The van der Waals surface area contributed by atoms with Crippen LogP contribution in [0.4, 0.5) is 11.5 Å². The maximum atomic E-state index is 13.8. The molecule has 4 heterocycles. The molecule has 0 spiro atoms. The Morgan fingerprint density at radius 3 is 2.40 bits per heavy atom. The molecule has 2 amide bonds. The second-order valence-electron chi connectivity index (χ2n) is 9.14. The van der Waals surface area contributed by atoms with Gasteiger partial charge in [0.1, 0.15) is 17.0 Å². The van der Waals surface area contributed by atoms with E-state index in [-0.39, 0.29) is 11.1 Å². The monoisotopic (exact) mass is 475 g/mol. The first-order valence-corrected chi connectivity index (χ1v) is 11.2. The van der Waals surface area contributed by atoms with Gasteiger partial charge < -0.3 is 9.64 Å². The largest absolute Gasteiger partial charge is 0.468 e. The number of carbonyl (C=O) groups is 3. The lowest BCUT2D eigenvalue weighted by Gasteiger charge is -2.29. The number of rotatable bonds is 4. The van der Waals surface area contributed by atoms with Crippen LogP contribution in [0, 0.1) is 11.8 Å². The van der Waals surface area contributed by atoms with E-state index in [2.05, 4.69) is 10.3 Å². The van der Waals surface area contributed by atoms with E-state index in [0.29, 0.717) is 17.2 Å². The molecule has 2 aromatic heterocycles. The van der Waals surface area contributed by atoms with Gasteiger partial charge in [0, 0.05) is 20.3 Å². The number of pyridine rings is 1. The number of fused-ring (bicyclic) bond motifs is 2. The van der Waals surface area contributed by atoms with Crippen molar-refractivity contribution in [3.63, 3.8) is 0 Å². The molecule has 0 saturated carbocycles. The topological polar surface area (TPSA) is 113 Å². The van der Waals surface area contributed by atoms with Gasteiger partial charge in [-0.15, -0.1) is 0 Å². The van der Waals surface area contributed by atoms with Crippen LogP contribution in [0.2, 0.25) is 0 Å². The van der Waals surface area contributed by atoms with E-state index in [1.165, 1.54) is 18.4 Å². The van der Waals surface area contributed by atoms with Gasteiger partial charge in [-0.2, -0.15) is 0 Å². The van der Waals surface area contributed by atoms with Crippen molar-refractivity contribution in [2.24, 2.45) is 11.8 Å². The fourth-order valence-electron chi connectivity index (χ4n) is 5.32. The van der Waals surface area contributed by atoms with Crippen LogP contribution in [-0.2, 0) is 19.1 Å². The molecule has 3 aromatic rings. The zero-order valence-corrected chi connectivity index (χ0v) is 19.8. The van der Waals surface area contributed by atoms with E-state index >= 15 is 0 Å². The minimum absolute atomic E-state index is 0.206. The summed E-state index contributed by atoms with van der Waals surface area (Å²) >= 11 is 0. The minimum Gasteiger partial charge on any atom is -0.468 e. The first-order chi connectivity index (χ1) is 16.7. The molecule has 2 aliphatic heterocycles. The Labute approximate surface area is 201 Å². The molecular formula is C25H25N5O5. The molecule has 5 rings (SSSR count). The third-order valence-corrected chi connectivity index (χ3v) is 6.89.